The second-order valence-corrected chi connectivity index (χ2v) is 7.16. The highest BCUT2D eigenvalue weighted by atomic mass is 79.9. The summed E-state index contributed by atoms with van der Waals surface area (Å²) in [6, 6.07) is 3.21. The predicted molar refractivity (Wildman–Crippen MR) is 86.0 cm³/mol. The van der Waals surface area contributed by atoms with Crippen LogP contribution in [0.1, 0.15) is 5.56 Å². The van der Waals surface area contributed by atoms with E-state index in [9.17, 15) is 23.5 Å². The number of quaternary nitrogens is 1. The standard InChI is InChI=1S/C13H13BrF3N3O2S/c14-3-4-19-6-11(21)20(22,7-19)12-18-9-5-8(13(15,16)17)1-2-10(9)23-12/h1-2,5,11,21H,3-4,6-7H2. The lowest BCUT2D eigenvalue weighted by Gasteiger charge is -2.37. The van der Waals surface area contributed by atoms with Gasteiger partial charge in [0.05, 0.1) is 22.3 Å². The zero-order valence-corrected chi connectivity index (χ0v) is 14.2. The van der Waals surface area contributed by atoms with Crippen LogP contribution in [0.4, 0.5) is 18.3 Å². The molecule has 2 unspecified atom stereocenters. The van der Waals surface area contributed by atoms with Crippen molar-refractivity contribution >= 4 is 42.6 Å². The maximum absolute atomic E-state index is 12.9. The van der Waals surface area contributed by atoms with E-state index in [4.69, 9.17) is 0 Å². The summed E-state index contributed by atoms with van der Waals surface area (Å²) in [6.07, 6.45) is -5.65. The third kappa shape index (κ3) is 3.11. The number of halogens is 4. The number of nitrogens with zero attached hydrogens (tertiary/aromatic N) is 3. The summed E-state index contributed by atoms with van der Waals surface area (Å²) in [4.78, 5) is 5.86. The summed E-state index contributed by atoms with van der Waals surface area (Å²) in [7, 11) is 0. The fraction of sp³-hybridized carbons (Fsp3) is 0.462. The van der Waals surface area contributed by atoms with Gasteiger partial charge >= 0.3 is 6.18 Å². The van der Waals surface area contributed by atoms with E-state index in [0.29, 0.717) is 16.6 Å². The molecule has 126 valence electrons. The number of benzene rings is 1. The molecule has 3 rings (SSSR count). The van der Waals surface area contributed by atoms with Gasteiger partial charge in [-0.05, 0) is 18.2 Å². The molecule has 0 radical (unpaired) electrons. The van der Waals surface area contributed by atoms with Crippen molar-refractivity contribution in [3.05, 3.63) is 29.0 Å². The number of β-amino-alcohol motifs (C(OH)–C–C–N with tert-alkyl or cyclic N) is 1. The lowest BCUT2D eigenvalue weighted by Crippen LogP contribution is -2.48. The van der Waals surface area contributed by atoms with Crippen LogP contribution in [-0.4, -0.2) is 46.3 Å². The number of fused-ring (bicyclic) bond motifs is 1. The molecule has 1 aromatic heterocycles. The zero-order chi connectivity index (χ0) is 16.8. The highest BCUT2D eigenvalue weighted by Gasteiger charge is 2.42. The van der Waals surface area contributed by atoms with Gasteiger partial charge in [0.25, 0.3) is 5.13 Å². The lowest BCUT2D eigenvalue weighted by atomic mass is 10.2. The third-order valence-corrected chi connectivity index (χ3v) is 5.24. The van der Waals surface area contributed by atoms with Crippen LogP contribution in [0.25, 0.3) is 10.2 Å². The van der Waals surface area contributed by atoms with Gasteiger partial charge in [-0.15, -0.1) is 0 Å². The average molecular weight is 412 g/mol. The van der Waals surface area contributed by atoms with Crippen LogP contribution >= 0.6 is 27.3 Å². The lowest BCUT2D eigenvalue weighted by molar-refractivity contribution is -0.137. The van der Waals surface area contributed by atoms with Crippen molar-refractivity contribution in [1.29, 1.82) is 0 Å². The third-order valence-electron chi connectivity index (χ3n) is 3.74. The summed E-state index contributed by atoms with van der Waals surface area (Å²) in [5.74, 6) is 0. The number of thiazole rings is 1. The highest BCUT2D eigenvalue weighted by Crippen LogP contribution is 2.39. The molecule has 1 saturated heterocycles. The van der Waals surface area contributed by atoms with Crippen LogP contribution in [0.15, 0.2) is 18.2 Å². The zero-order valence-electron chi connectivity index (χ0n) is 11.8. The Bertz CT molecular complexity index is 726. The first-order valence-corrected chi connectivity index (χ1v) is 8.71. The minimum atomic E-state index is -4.46. The topological polar surface area (TPSA) is 59.4 Å². The fourth-order valence-electron chi connectivity index (χ4n) is 2.53. The Labute approximate surface area is 142 Å². The molecule has 10 heteroatoms. The number of alkyl halides is 4. The molecule has 1 aromatic carbocycles. The molecule has 0 spiro atoms. The van der Waals surface area contributed by atoms with Crippen LogP contribution in [-0.2, 0) is 6.18 Å². The number of hydrogen-bond acceptors (Lipinski definition) is 5. The van der Waals surface area contributed by atoms with Crippen molar-refractivity contribution in [2.75, 3.05) is 25.1 Å². The van der Waals surface area contributed by atoms with E-state index < -0.39 is 22.6 Å². The van der Waals surface area contributed by atoms with Gasteiger partial charge in [-0.3, -0.25) is 4.65 Å². The molecular formula is C13H13BrF3N3O2S. The molecule has 0 amide bonds. The van der Waals surface area contributed by atoms with Gasteiger partial charge < -0.3 is 10.3 Å². The van der Waals surface area contributed by atoms with E-state index in [1.165, 1.54) is 6.07 Å². The molecule has 1 N–H and O–H groups in total. The predicted octanol–water partition coefficient (Wildman–Crippen LogP) is 3.11. The molecule has 1 fully saturated rings. The van der Waals surface area contributed by atoms with E-state index >= 15 is 0 Å². The number of hydrogen-bond donors (Lipinski definition) is 1. The van der Waals surface area contributed by atoms with Gasteiger partial charge in [0, 0.05) is 11.9 Å². The number of hydroxylamine groups is 2. The first-order chi connectivity index (χ1) is 10.7. The molecule has 5 nitrogen and oxygen atoms in total. The SMILES string of the molecule is [O-][N+]1(c2nc3cc(C(F)(F)F)ccc3s2)CN(CCBr)CC1O. The number of aliphatic hydroxyl groups is 1. The molecule has 0 aliphatic carbocycles. The number of aliphatic hydroxyl groups excluding tert-OH is 1. The minimum absolute atomic E-state index is 0.0265. The van der Waals surface area contributed by atoms with Gasteiger partial charge in [-0.2, -0.15) is 18.2 Å². The first-order valence-electron chi connectivity index (χ1n) is 6.77. The van der Waals surface area contributed by atoms with E-state index in [0.717, 1.165) is 23.5 Å². The van der Waals surface area contributed by atoms with Gasteiger partial charge in [0.2, 0.25) is 6.23 Å². The molecular weight excluding hydrogens is 399 g/mol. The van der Waals surface area contributed by atoms with E-state index in [2.05, 4.69) is 20.9 Å². The Morgan fingerprint density at radius 2 is 2.22 bits per heavy atom. The highest BCUT2D eigenvalue weighted by molar-refractivity contribution is 9.09. The monoisotopic (exact) mass is 411 g/mol. The van der Waals surface area contributed by atoms with Crippen LogP contribution < -0.4 is 4.65 Å². The van der Waals surface area contributed by atoms with Crippen LogP contribution in [0.5, 0.6) is 0 Å². The molecule has 2 aromatic rings. The van der Waals surface area contributed by atoms with Crippen molar-refractivity contribution in [3.8, 4) is 0 Å². The van der Waals surface area contributed by atoms with Crippen LogP contribution in [0, 0.1) is 5.21 Å². The Morgan fingerprint density at radius 1 is 1.48 bits per heavy atom. The van der Waals surface area contributed by atoms with Crippen molar-refractivity contribution in [3.63, 3.8) is 0 Å². The van der Waals surface area contributed by atoms with Crippen molar-refractivity contribution in [2.45, 2.75) is 12.4 Å². The molecule has 0 saturated carbocycles. The number of rotatable bonds is 3. The largest absolute Gasteiger partial charge is 0.623 e. The molecule has 0 bridgehead atoms. The second kappa shape index (κ2) is 5.94. The van der Waals surface area contributed by atoms with Crippen molar-refractivity contribution < 1.29 is 18.3 Å². The molecule has 1 aliphatic heterocycles. The van der Waals surface area contributed by atoms with E-state index in [1.54, 1.807) is 4.90 Å². The van der Waals surface area contributed by atoms with Crippen LogP contribution in [0.3, 0.4) is 0 Å². The summed E-state index contributed by atoms with van der Waals surface area (Å²) < 4.78 is 37.7. The van der Waals surface area contributed by atoms with E-state index in [1.807, 2.05) is 0 Å². The van der Waals surface area contributed by atoms with Crippen molar-refractivity contribution in [2.24, 2.45) is 0 Å². The van der Waals surface area contributed by atoms with Gasteiger partial charge in [0.15, 0.2) is 0 Å². The van der Waals surface area contributed by atoms with Crippen molar-refractivity contribution in [1.82, 2.24) is 14.5 Å². The van der Waals surface area contributed by atoms with Gasteiger partial charge in [-0.1, -0.05) is 27.3 Å². The summed E-state index contributed by atoms with van der Waals surface area (Å²) in [6.45, 7) is 0.833. The minimum Gasteiger partial charge on any atom is -0.623 e. The quantitative estimate of drug-likeness (QED) is 0.478. The Morgan fingerprint density at radius 3 is 2.87 bits per heavy atom. The van der Waals surface area contributed by atoms with Gasteiger partial charge in [-0.25, -0.2) is 4.90 Å². The average Bonchev–Trinajstić information content (AvgIpc) is 3.00. The maximum atomic E-state index is 12.9. The molecule has 2 heterocycles. The molecule has 1 aliphatic rings. The van der Waals surface area contributed by atoms with E-state index in [-0.39, 0.29) is 23.9 Å². The first kappa shape index (κ1) is 17.1. The van der Waals surface area contributed by atoms with Gasteiger partial charge in [0.1, 0.15) is 6.67 Å². The summed E-state index contributed by atoms with van der Waals surface area (Å²) >= 11 is 4.30. The fourth-order valence-corrected chi connectivity index (χ4v) is 4.06. The molecule has 23 heavy (non-hydrogen) atoms. The van der Waals surface area contributed by atoms with Crippen LogP contribution in [0.2, 0.25) is 0 Å². The Kier molecular flexibility index (Phi) is 4.40. The Balaban J connectivity index is 1.97. The Hall–Kier alpha value is -0.780. The smallest absolute Gasteiger partial charge is 0.416 e. The summed E-state index contributed by atoms with van der Waals surface area (Å²) in [5, 5.41) is 23.8. The number of aromatic nitrogens is 1. The molecule has 2 atom stereocenters. The summed E-state index contributed by atoms with van der Waals surface area (Å²) in [5.41, 5.74) is -0.679. The maximum Gasteiger partial charge on any atom is 0.416 e. The normalized spacial score (nSPS) is 26.3. The second-order valence-electron chi connectivity index (χ2n) is 5.36.